The van der Waals surface area contributed by atoms with E-state index in [1.807, 2.05) is 14.1 Å². The maximum absolute atomic E-state index is 10.6. The van der Waals surface area contributed by atoms with E-state index < -0.39 is 4.92 Å². The summed E-state index contributed by atoms with van der Waals surface area (Å²) >= 11 is 2.25. The van der Waals surface area contributed by atoms with Crippen molar-refractivity contribution in [1.29, 1.82) is 0 Å². The van der Waals surface area contributed by atoms with Gasteiger partial charge in [-0.05, 0) is 60.6 Å². The lowest BCUT2D eigenvalue weighted by atomic mass is 10.4. The van der Waals surface area contributed by atoms with E-state index in [0.29, 0.717) is 16.0 Å². The number of hydrogen-bond donors (Lipinski definition) is 0. The molecule has 0 bridgehead atoms. The van der Waals surface area contributed by atoms with Crippen LogP contribution >= 0.6 is 23.1 Å². The van der Waals surface area contributed by atoms with Gasteiger partial charge in [0.2, 0.25) is 5.16 Å². The lowest BCUT2D eigenvalue weighted by Crippen LogP contribution is -2.15. The third-order valence-electron chi connectivity index (χ3n) is 2.31. The first-order valence-corrected chi connectivity index (χ1v) is 7.38. The molecule has 0 aromatic carbocycles. The minimum atomic E-state index is -0.457. The van der Waals surface area contributed by atoms with E-state index in [9.17, 15) is 10.1 Å². The van der Waals surface area contributed by atoms with E-state index in [1.54, 1.807) is 4.68 Å². The first-order valence-electron chi connectivity index (χ1n) is 5.75. The third kappa shape index (κ3) is 3.95. The predicted molar refractivity (Wildman–Crippen MR) is 73.9 cm³/mol. The van der Waals surface area contributed by atoms with Gasteiger partial charge < -0.3 is 4.90 Å². The van der Waals surface area contributed by atoms with Gasteiger partial charge in [-0.3, -0.25) is 10.1 Å². The van der Waals surface area contributed by atoms with Crippen molar-refractivity contribution in [2.45, 2.75) is 22.5 Å². The quantitative estimate of drug-likeness (QED) is 0.553. The van der Waals surface area contributed by atoms with Crippen molar-refractivity contribution in [1.82, 2.24) is 30.1 Å². The molecule has 11 heteroatoms. The number of nitro groups is 1. The zero-order valence-corrected chi connectivity index (χ0v) is 12.6. The van der Waals surface area contributed by atoms with E-state index in [4.69, 9.17) is 0 Å². The van der Waals surface area contributed by atoms with Crippen LogP contribution in [0.5, 0.6) is 0 Å². The van der Waals surface area contributed by atoms with Gasteiger partial charge >= 0.3 is 5.00 Å². The summed E-state index contributed by atoms with van der Waals surface area (Å²) in [4.78, 5) is 16.2. The summed E-state index contributed by atoms with van der Waals surface area (Å²) in [7, 11) is 4.01. The van der Waals surface area contributed by atoms with Gasteiger partial charge in [0.05, 0.1) is 4.92 Å². The average molecular weight is 315 g/mol. The topological polar surface area (TPSA) is 103 Å². The maximum Gasteiger partial charge on any atom is 0.344 e. The largest absolute Gasteiger partial charge is 0.344 e. The predicted octanol–water partition coefficient (Wildman–Crippen LogP) is 1.14. The number of nitrogens with zero attached hydrogens (tertiary/aromatic N) is 7. The second-order valence-corrected chi connectivity index (χ2v) is 6.39. The van der Waals surface area contributed by atoms with Crippen molar-refractivity contribution in [2.24, 2.45) is 0 Å². The number of rotatable bonds is 7. The van der Waals surface area contributed by atoms with Gasteiger partial charge in [-0.2, -0.15) is 0 Å². The fraction of sp³-hybridized carbons (Fsp3) is 0.556. The van der Waals surface area contributed by atoms with Crippen LogP contribution in [0.15, 0.2) is 15.7 Å². The Bertz CT molecular complexity index is 582. The average Bonchev–Trinajstić information content (AvgIpc) is 2.99. The van der Waals surface area contributed by atoms with Crippen LogP contribution in [0.2, 0.25) is 0 Å². The van der Waals surface area contributed by atoms with Gasteiger partial charge in [0.1, 0.15) is 6.20 Å². The van der Waals surface area contributed by atoms with Crippen molar-refractivity contribution in [2.75, 3.05) is 20.6 Å². The molecule has 2 aromatic rings. The Morgan fingerprint density at radius 2 is 2.35 bits per heavy atom. The summed E-state index contributed by atoms with van der Waals surface area (Å²) in [6.07, 6.45) is 2.16. The molecule has 0 aliphatic heterocycles. The monoisotopic (exact) mass is 315 g/mol. The second kappa shape index (κ2) is 6.72. The standard InChI is InChI=1S/C9H13N7O2S2/c1-14(2)4-3-5-15-8(11-12-13-15)20-9-10-6-7(19-9)16(17)18/h6H,3-5H2,1-2H3. The Morgan fingerprint density at radius 1 is 1.55 bits per heavy atom. The molecule has 0 aliphatic rings. The molecule has 0 aliphatic carbocycles. The van der Waals surface area contributed by atoms with E-state index in [0.717, 1.165) is 24.3 Å². The summed E-state index contributed by atoms with van der Waals surface area (Å²) in [5.74, 6) is 0. The second-order valence-electron chi connectivity index (χ2n) is 4.17. The molecule has 9 nitrogen and oxygen atoms in total. The van der Waals surface area contributed by atoms with Crippen LogP contribution in [-0.2, 0) is 6.54 Å². The fourth-order valence-electron chi connectivity index (χ4n) is 1.41. The summed E-state index contributed by atoms with van der Waals surface area (Å²) in [6, 6.07) is 0. The Labute approximate surface area is 123 Å². The molecule has 0 unspecified atom stereocenters. The Balaban J connectivity index is 1.98. The minimum absolute atomic E-state index is 0.0131. The molecule has 0 fully saturated rings. The van der Waals surface area contributed by atoms with Crippen LogP contribution in [0, 0.1) is 10.1 Å². The molecule has 0 atom stereocenters. The highest BCUT2D eigenvalue weighted by Crippen LogP contribution is 2.32. The van der Waals surface area contributed by atoms with E-state index in [1.165, 1.54) is 18.0 Å². The molecule has 20 heavy (non-hydrogen) atoms. The molecule has 0 spiro atoms. The van der Waals surface area contributed by atoms with Crippen LogP contribution in [0.1, 0.15) is 6.42 Å². The van der Waals surface area contributed by atoms with Crippen LogP contribution in [0.25, 0.3) is 0 Å². The molecular weight excluding hydrogens is 302 g/mol. The maximum atomic E-state index is 10.6. The molecule has 2 rings (SSSR count). The number of tetrazole rings is 1. The Morgan fingerprint density at radius 3 is 3.00 bits per heavy atom. The van der Waals surface area contributed by atoms with Crippen LogP contribution in [0.3, 0.4) is 0 Å². The molecule has 0 amide bonds. The zero-order valence-electron chi connectivity index (χ0n) is 11.0. The summed E-state index contributed by atoms with van der Waals surface area (Å²) in [6.45, 7) is 1.63. The highest BCUT2D eigenvalue weighted by atomic mass is 32.2. The van der Waals surface area contributed by atoms with Crippen molar-refractivity contribution in [3.63, 3.8) is 0 Å². The van der Waals surface area contributed by atoms with Crippen LogP contribution < -0.4 is 0 Å². The van der Waals surface area contributed by atoms with Crippen molar-refractivity contribution in [3.8, 4) is 0 Å². The summed E-state index contributed by atoms with van der Waals surface area (Å²) in [5.41, 5.74) is 0. The number of aryl methyl sites for hydroxylation is 1. The number of thiazole rings is 1. The molecule has 2 aromatic heterocycles. The lowest BCUT2D eigenvalue weighted by molar-refractivity contribution is -0.380. The van der Waals surface area contributed by atoms with E-state index in [2.05, 4.69) is 25.4 Å². The fourth-order valence-corrected chi connectivity index (χ4v) is 3.09. The highest BCUT2D eigenvalue weighted by molar-refractivity contribution is 8.00. The zero-order chi connectivity index (χ0) is 14.5. The van der Waals surface area contributed by atoms with Gasteiger partial charge in [0, 0.05) is 6.54 Å². The van der Waals surface area contributed by atoms with E-state index >= 15 is 0 Å². The van der Waals surface area contributed by atoms with Crippen molar-refractivity contribution in [3.05, 3.63) is 16.3 Å². The SMILES string of the molecule is CN(C)CCCn1nnnc1Sc1ncc([N+](=O)[O-])s1. The Kier molecular flexibility index (Phi) is 4.98. The van der Waals surface area contributed by atoms with Gasteiger partial charge in [0.25, 0.3) is 0 Å². The van der Waals surface area contributed by atoms with Crippen molar-refractivity contribution >= 4 is 28.1 Å². The number of aromatic nitrogens is 5. The number of hydrogen-bond acceptors (Lipinski definition) is 9. The molecule has 0 radical (unpaired) electrons. The molecule has 0 saturated heterocycles. The molecule has 2 heterocycles. The van der Waals surface area contributed by atoms with Crippen LogP contribution in [-0.4, -0.2) is 55.7 Å². The summed E-state index contributed by atoms with van der Waals surface area (Å²) < 4.78 is 2.24. The normalized spacial score (nSPS) is 11.2. The first kappa shape index (κ1) is 14.8. The van der Waals surface area contributed by atoms with Gasteiger partial charge in [0.15, 0.2) is 4.34 Å². The molecule has 0 saturated carbocycles. The van der Waals surface area contributed by atoms with E-state index in [-0.39, 0.29) is 5.00 Å². The highest BCUT2D eigenvalue weighted by Gasteiger charge is 2.15. The van der Waals surface area contributed by atoms with Gasteiger partial charge in [-0.1, -0.05) is 0 Å². The van der Waals surface area contributed by atoms with Gasteiger partial charge in [-0.15, -0.1) is 5.10 Å². The van der Waals surface area contributed by atoms with Crippen LogP contribution in [0.4, 0.5) is 5.00 Å². The minimum Gasteiger partial charge on any atom is -0.309 e. The smallest absolute Gasteiger partial charge is 0.309 e. The van der Waals surface area contributed by atoms with Crippen molar-refractivity contribution < 1.29 is 4.92 Å². The van der Waals surface area contributed by atoms with Gasteiger partial charge in [-0.25, -0.2) is 9.67 Å². The first-order chi connectivity index (χ1) is 9.56. The lowest BCUT2D eigenvalue weighted by Gasteiger charge is -2.08. The molecule has 108 valence electrons. The third-order valence-corrected chi connectivity index (χ3v) is 4.30. The Hall–Kier alpha value is -1.59. The summed E-state index contributed by atoms with van der Waals surface area (Å²) in [5, 5.41) is 22.7. The molecular formula is C9H13N7O2S2. The molecule has 0 N–H and O–H groups in total.